The minimum Gasteiger partial charge on any atom is -0.391 e. The molecule has 1 unspecified atom stereocenters. The van der Waals surface area contributed by atoms with E-state index in [0.29, 0.717) is 25.7 Å². The normalized spacial score (nSPS) is 46.1. The molecule has 0 saturated carbocycles. The van der Waals surface area contributed by atoms with Gasteiger partial charge in [-0.1, -0.05) is 37.8 Å². The number of aliphatic hydroxyl groups excluding tert-OH is 1. The molecule has 1 N–H and O–H groups in total. The van der Waals surface area contributed by atoms with E-state index >= 15 is 0 Å². The van der Waals surface area contributed by atoms with Crippen LogP contribution >= 0.6 is 0 Å². The molecule has 0 radical (unpaired) electrons. The summed E-state index contributed by atoms with van der Waals surface area (Å²) in [7, 11) is -2.52. The van der Waals surface area contributed by atoms with Gasteiger partial charge in [-0.05, 0) is 81.1 Å². The van der Waals surface area contributed by atoms with Crippen LogP contribution in [0.2, 0.25) is 0 Å². The molecule has 10 saturated heterocycles. The standard InChI is InChI=1S/C47H64O14S/c1-24-6-10-33(11-7-24)62(50,51)53-23-29(49)20-39-41(52-5)34-19-28(48)18-31-9-13-36-42(56-31)46-45-44(58-36)43-40(59-45)22-47(60-43,61-46)15-14-32-17-26(3)35(54-32)12-8-30-16-25(2)27(4)37(55-30)21-38(34)57-39/h6-7,10-11,25,29-32,34-46,49H,3-4,8-9,12-23H2,1-2,5H3/t25-,29+,30+,31-,32+,34+,35+,36+,37-,38+,39-,40+,41-,42+,43+,44?,45-,46+,47+/m1/s1. The van der Waals surface area contributed by atoms with Crippen molar-refractivity contribution in [2.24, 2.45) is 11.8 Å². The van der Waals surface area contributed by atoms with Crippen LogP contribution in [0.25, 0.3) is 0 Å². The van der Waals surface area contributed by atoms with Gasteiger partial charge in [-0.2, -0.15) is 8.42 Å². The summed E-state index contributed by atoms with van der Waals surface area (Å²) in [6, 6.07) is 6.35. The van der Waals surface area contributed by atoms with Crippen molar-refractivity contribution in [2.75, 3.05) is 13.7 Å². The molecular formula is C47H64O14S. The minimum absolute atomic E-state index is 0.00868. The number of Topliss-reactive ketones (excluding diaryl/α,β-unsaturated/α-hetero) is 1. The first-order valence-corrected chi connectivity index (χ1v) is 24.5. The average molecular weight is 885 g/mol. The number of fused-ring (bicyclic) bond motifs is 6. The van der Waals surface area contributed by atoms with E-state index in [1.54, 1.807) is 19.2 Å². The van der Waals surface area contributed by atoms with Crippen LogP contribution in [0.5, 0.6) is 0 Å². The van der Waals surface area contributed by atoms with Crippen molar-refractivity contribution in [3.63, 3.8) is 0 Å². The van der Waals surface area contributed by atoms with Gasteiger partial charge in [-0.25, -0.2) is 0 Å². The van der Waals surface area contributed by atoms with E-state index in [1.807, 2.05) is 6.92 Å². The van der Waals surface area contributed by atoms with Gasteiger partial charge in [0.25, 0.3) is 10.1 Å². The summed E-state index contributed by atoms with van der Waals surface area (Å²) in [6.07, 6.45) is 2.06. The number of benzene rings is 1. The largest absolute Gasteiger partial charge is 0.391 e. The zero-order chi connectivity index (χ0) is 43.1. The predicted molar refractivity (Wildman–Crippen MR) is 222 cm³/mol. The monoisotopic (exact) mass is 884 g/mol. The van der Waals surface area contributed by atoms with Crippen molar-refractivity contribution in [3.05, 3.63) is 54.1 Å². The molecule has 12 bridgehead atoms. The van der Waals surface area contributed by atoms with Crippen molar-refractivity contribution in [3.8, 4) is 0 Å². The molecule has 62 heavy (non-hydrogen) atoms. The zero-order valence-electron chi connectivity index (χ0n) is 36.2. The fourth-order valence-corrected chi connectivity index (χ4v) is 13.1. The van der Waals surface area contributed by atoms with Gasteiger partial charge in [0.15, 0.2) is 5.79 Å². The zero-order valence-corrected chi connectivity index (χ0v) is 37.0. The van der Waals surface area contributed by atoms with Crippen LogP contribution in [0.15, 0.2) is 53.5 Å². The number of methoxy groups -OCH3 is 1. The lowest BCUT2D eigenvalue weighted by Crippen LogP contribution is -2.61. The van der Waals surface area contributed by atoms with Crippen molar-refractivity contribution >= 4 is 15.9 Å². The number of hydrogen-bond donors (Lipinski definition) is 1. The highest BCUT2D eigenvalue weighted by molar-refractivity contribution is 7.86. The Morgan fingerprint density at radius 3 is 2.32 bits per heavy atom. The highest BCUT2D eigenvalue weighted by atomic mass is 32.2. The Hall–Kier alpha value is -2.12. The van der Waals surface area contributed by atoms with Crippen LogP contribution in [0.1, 0.15) is 96.0 Å². The van der Waals surface area contributed by atoms with Crippen LogP contribution in [-0.2, 0) is 61.7 Å². The number of rotatable bonds is 7. The second-order valence-electron chi connectivity index (χ2n) is 19.7. The van der Waals surface area contributed by atoms with Gasteiger partial charge in [0.1, 0.15) is 36.3 Å². The van der Waals surface area contributed by atoms with E-state index in [2.05, 4.69) is 20.1 Å². The number of carbonyl (C=O) groups is 1. The summed E-state index contributed by atoms with van der Waals surface area (Å²) in [5, 5.41) is 11.2. The Bertz CT molecular complexity index is 1960. The van der Waals surface area contributed by atoms with Crippen molar-refractivity contribution < 1.29 is 65.1 Å². The Kier molecular flexibility index (Phi) is 12.2. The van der Waals surface area contributed by atoms with E-state index in [1.165, 1.54) is 12.1 Å². The van der Waals surface area contributed by atoms with Gasteiger partial charge in [0.2, 0.25) is 0 Å². The summed E-state index contributed by atoms with van der Waals surface area (Å²) in [5.74, 6) is -0.984. The fraction of sp³-hybridized carbons (Fsp3) is 0.766. The Labute approximate surface area is 365 Å². The molecule has 10 aliphatic rings. The van der Waals surface area contributed by atoms with Gasteiger partial charge in [0.05, 0.1) is 78.6 Å². The van der Waals surface area contributed by atoms with Gasteiger partial charge in [0, 0.05) is 51.6 Å². The van der Waals surface area contributed by atoms with Crippen LogP contribution in [0, 0.1) is 18.8 Å². The van der Waals surface area contributed by atoms with Gasteiger partial charge in [-0.3, -0.25) is 8.98 Å². The quantitative estimate of drug-likeness (QED) is 0.281. The molecule has 1 aromatic carbocycles. The number of aryl methyl sites for hydroxylation is 1. The average Bonchev–Trinajstić information content (AvgIpc) is 3.92. The van der Waals surface area contributed by atoms with Crippen LogP contribution in [-0.4, -0.2) is 136 Å². The Balaban J connectivity index is 0.891. The molecule has 1 spiro atoms. The number of ketones is 1. The Morgan fingerprint density at radius 1 is 0.790 bits per heavy atom. The number of aliphatic hydroxyl groups is 1. The van der Waals surface area contributed by atoms with Gasteiger partial charge in [-0.15, -0.1) is 0 Å². The molecular weight excluding hydrogens is 821 g/mol. The van der Waals surface area contributed by atoms with E-state index in [9.17, 15) is 18.3 Å². The van der Waals surface area contributed by atoms with E-state index in [4.69, 9.17) is 46.8 Å². The van der Waals surface area contributed by atoms with E-state index in [0.717, 1.165) is 55.2 Å². The first-order chi connectivity index (χ1) is 29.7. The molecule has 0 aliphatic carbocycles. The third-order valence-electron chi connectivity index (χ3n) is 15.4. The van der Waals surface area contributed by atoms with Crippen LogP contribution < -0.4 is 0 Å². The van der Waals surface area contributed by atoms with Crippen LogP contribution in [0.4, 0.5) is 0 Å². The molecule has 11 rings (SSSR count). The molecule has 0 aromatic heterocycles. The molecule has 0 amide bonds. The van der Waals surface area contributed by atoms with E-state index < -0.39 is 53.0 Å². The molecule has 10 fully saturated rings. The third-order valence-corrected chi connectivity index (χ3v) is 16.7. The van der Waals surface area contributed by atoms with Crippen molar-refractivity contribution in [1.29, 1.82) is 0 Å². The first kappa shape index (κ1) is 43.8. The fourth-order valence-electron chi connectivity index (χ4n) is 12.2. The topological polar surface area (TPSA) is 164 Å². The molecule has 14 nitrogen and oxygen atoms in total. The van der Waals surface area contributed by atoms with Crippen LogP contribution in [0.3, 0.4) is 0 Å². The summed E-state index contributed by atoms with van der Waals surface area (Å²) in [6.45, 7) is 12.5. The molecule has 342 valence electrons. The molecule has 15 heteroatoms. The maximum atomic E-state index is 14.3. The van der Waals surface area contributed by atoms with Gasteiger partial charge < -0.3 is 47.7 Å². The SMILES string of the molecule is C=C1C[C@@H]2CC[C@@]34C[C@@H]5O[C@@H]6C(O[C@H]7CC[C@H](CC(=O)C[C@@H]8[C@@H](OC)[C@@H](C[C@H](O)COS(=O)(=O)c9ccc(C)cc9)O[C@H]8C[C@H]8O[C@@H](CC[C@@H]1O2)C[C@@H](C)C8=C)O[C@@H]7[C@@H]6O3)[C@H]5O4. The maximum Gasteiger partial charge on any atom is 0.297 e. The minimum atomic E-state index is -4.10. The molecule has 10 heterocycles. The summed E-state index contributed by atoms with van der Waals surface area (Å²) in [4.78, 5) is 14.3. The second-order valence-corrected chi connectivity index (χ2v) is 21.4. The second kappa shape index (κ2) is 17.3. The van der Waals surface area contributed by atoms with Crippen molar-refractivity contribution in [2.45, 2.75) is 206 Å². The van der Waals surface area contributed by atoms with Gasteiger partial charge >= 0.3 is 0 Å². The lowest BCUT2D eigenvalue weighted by atomic mass is 9.81. The highest BCUT2D eigenvalue weighted by Gasteiger charge is 2.68. The van der Waals surface area contributed by atoms with Crippen molar-refractivity contribution in [1.82, 2.24) is 0 Å². The Morgan fingerprint density at radius 2 is 1.52 bits per heavy atom. The first-order valence-electron chi connectivity index (χ1n) is 23.1. The summed E-state index contributed by atoms with van der Waals surface area (Å²) >= 11 is 0. The number of ether oxygens (including phenoxy) is 9. The predicted octanol–water partition coefficient (Wildman–Crippen LogP) is 5.19. The molecule has 10 aliphatic heterocycles. The van der Waals surface area contributed by atoms with E-state index in [-0.39, 0.29) is 109 Å². The lowest BCUT2D eigenvalue weighted by Gasteiger charge is -2.47. The summed E-state index contributed by atoms with van der Waals surface area (Å²) < 4.78 is 91.6. The summed E-state index contributed by atoms with van der Waals surface area (Å²) in [5.41, 5.74) is 3.01. The smallest absolute Gasteiger partial charge is 0.297 e. The maximum absolute atomic E-state index is 14.3. The molecule has 19 atom stereocenters. The number of hydrogen-bond acceptors (Lipinski definition) is 14. The number of carbonyl (C=O) groups excluding carboxylic acids is 1. The molecule has 1 aromatic rings. The highest BCUT2D eigenvalue weighted by Crippen LogP contribution is 2.54. The lowest BCUT2D eigenvalue weighted by molar-refractivity contribution is -0.292. The third kappa shape index (κ3) is 8.45.